The van der Waals surface area contributed by atoms with Crippen LogP contribution >= 0.6 is 11.4 Å². The second kappa shape index (κ2) is 4.18. The minimum absolute atomic E-state index is 0.0104. The van der Waals surface area contributed by atoms with Gasteiger partial charge < -0.3 is 0 Å². The Bertz CT molecular complexity index is 33.9. The molecule has 0 heterocycles. The van der Waals surface area contributed by atoms with E-state index in [-0.39, 0.29) is 5.94 Å². The summed E-state index contributed by atoms with van der Waals surface area (Å²) in [5, 5.41) is 11.3. The number of hydrogen-bond donors (Lipinski definition) is 1. The lowest BCUT2D eigenvalue weighted by Gasteiger charge is -1.64. The zero-order valence-electron chi connectivity index (χ0n) is 3.14. The largest absolute Gasteiger partial charge is 0.226 e. The first-order valence-corrected chi connectivity index (χ1v) is 2.59. The molecule has 0 bridgehead atoms. The van der Waals surface area contributed by atoms with Crippen LogP contribution in [0.4, 0.5) is 0 Å². The lowest BCUT2D eigenvalue weighted by molar-refractivity contribution is 0.262. The normalized spacial score (nSPS) is 11.6. The third-order valence-corrected chi connectivity index (χ3v) is 0.771. The van der Waals surface area contributed by atoms with Crippen LogP contribution < -0.4 is 0 Å². The number of hydrogen-bond acceptors (Lipinski definition) is 0. The first-order valence-electron chi connectivity index (χ1n) is 1.44. The topological polar surface area (TPSA) is 19.9 Å². The van der Waals surface area contributed by atoms with E-state index in [0.717, 1.165) is 11.4 Å². The van der Waals surface area contributed by atoms with E-state index in [1.54, 1.807) is 0 Å². The molecule has 0 atom stereocenters. The summed E-state index contributed by atoms with van der Waals surface area (Å²) in [5.74, 6) is 0.0104. The van der Waals surface area contributed by atoms with Gasteiger partial charge in [-0.2, -0.15) is 11.4 Å². The summed E-state index contributed by atoms with van der Waals surface area (Å²) in [5.41, 5.74) is 0. The second-order valence-corrected chi connectivity index (χ2v) is 1.71. The van der Waals surface area contributed by atoms with E-state index >= 15 is 0 Å². The van der Waals surface area contributed by atoms with Gasteiger partial charge in [-0.1, -0.05) is 5.37 Å². The highest BCUT2D eigenvalue weighted by molar-refractivity contribution is 7.97. The van der Waals surface area contributed by atoms with E-state index in [1.807, 2.05) is 12.3 Å². The van der Waals surface area contributed by atoms with Crippen molar-refractivity contribution in [2.24, 2.45) is 0 Å². The summed E-state index contributed by atoms with van der Waals surface area (Å²) < 4.78 is 0. The Labute approximate surface area is 35.6 Å². The Hall–Kier alpha value is 0.180. The molecule has 0 unspecified atom stereocenters. The molecule has 0 amide bonds. The molecule has 0 fully saturated rings. The van der Waals surface area contributed by atoms with E-state index in [9.17, 15) is 5.11 Å². The van der Waals surface area contributed by atoms with Crippen molar-refractivity contribution < 1.29 is 5.11 Å². The molecule has 0 saturated heterocycles. The van der Waals surface area contributed by atoms with E-state index in [0.29, 0.717) is 0 Å². The Balaban J connectivity index is 2.62. The van der Waals surface area contributed by atoms with Gasteiger partial charge in [0, 0.05) is 0 Å². The molecule has 0 spiro atoms. The summed E-state index contributed by atoms with van der Waals surface area (Å²) in [6, 6.07) is 0. The fourth-order valence-corrected chi connectivity index (χ4v) is 0.224. The minimum Gasteiger partial charge on any atom is -0.226 e. The van der Waals surface area contributed by atoms with Crippen LogP contribution in [0.3, 0.4) is 0 Å². The van der Waals surface area contributed by atoms with Crippen LogP contribution in [-0.2, 0) is 5.11 Å². The van der Waals surface area contributed by atoms with Crippen LogP contribution in [0.25, 0.3) is 0 Å². The lowest BCUT2D eigenvalue weighted by Crippen LogP contribution is -1.56. The predicted molar refractivity (Wildman–Crippen MR) is 26.3 cm³/mol. The fraction of sp³-hybridized carbons (Fsp3) is 0.667. The molecule has 0 aromatic carbocycles. The summed E-state index contributed by atoms with van der Waals surface area (Å²) in [4.78, 5) is 0. The quantitative estimate of drug-likeness (QED) is 0.361. The highest BCUT2D eigenvalue weighted by Gasteiger charge is 1.53. The van der Waals surface area contributed by atoms with Gasteiger partial charge in [0.15, 0.2) is 0 Å². The van der Waals surface area contributed by atoms with Crippen molar-refractivity contribution in [3.63, 3.8) is 0 Å². The maximum absolute atomic E-state index is 9.49. The van der Waals surface area contributed by atoms with Crippen LogP contribution in [0.2, 0.25) is 0 Å². The Kier molecular flexibility index (Phi) is 4.33. The van der Waals surface area contributed by atoms with Gasteiger partial charge >= 0.3 is 0 Å². The van der Waals surface area contributed by atoms with E-state index in [4.69, 9.17) is 0 Å². The Morgan fingerprint density at radius 2 is 2.60 bits per heavy atom. The maximum atomic E-state index is 9.49. The molecule has 0 saturated carbocycles. The van der Waals surface area contributed by atoms with Crippen molar-refractivity contribution in [2.45, 2.75) is 6.92 Å². The Morgan fingerprint density at radius 3 is 2.60 bits per heavy atom. The van der Waals surface area contributed by atoms with Gasteiger partial charge in [0.25, 0.3) is 0 Å². The molecule has 0 N–H and O–H groups in total. The minimum atomic E-state index is 0.0104. The van der Waals surface area contributed by atoms with Gasteiger partial charge in [0.05, 0.1) is 0 Å². The van der Waals surface area contributed by atoms with Crippen molar-refractivity contribution in [3.05, 3.63) is 0 Å². The third-order valence-electron chi connectivity index (χ3n) is 0.257. The molecular formula is C3H7OS. The zero-order valence-corrected chi connectivity index (χ0v) is 4.03. The van der Waals surface area contributed by atoms with Crippen molar-refractivity contribution in [2.75, 3.05) is 5.94 Å². The smallest absolute Gasteiger partial charge is 0.120 e. The zero-order chi connectivity index (χ0) is 4.12. The van der Waals surface area contributed by atoms with Crippen LogP contribution in [-0.4, -0.2) is 11.3 Å². The molecule has 0 aromatic heterocycles. The summed E-state index contributed by atoms with van der Waals surface area (Å²) in [6.45, 7) is 1.87. The molecule has 0 aliphatic carbocycles. The van der Waals surface area contributed by atoms with Crippen molar-refractivity contribution in [3.8, 4) is 0 Å². The molecule has 0 aliphatic heterocycles. The molecule has 1 nitrogen and oxygen atoms in total. The van der Waals surface area contributed by atoms with Gasteiger partial charge in [-0.05, 0) is 6.92 Å². The molecule has 31 valence electrons. The van der Waals surface area contributed by atoms with Crippen LogP contribution in [0.1, 0.15) is 6.92 Å². The lowest BCUT2D eigenvalue weighted by atomic mass is 11.0. The maximum Gasteiger partial charge on any atom is 0.120 e. The van der Waals surface area contributed by atoms with E-state index in [1.165, 1.54) is 0 Å². The molecule has 1 radical (unpaired) electrons. The number of rotatable bonds is 1. The summed E-state index contributed by atoms with van der Waals surface area (Å²) in [7, 11) is 0. The van der Waals surface area contributed by atoms with Crippen molar-refractivity contribution >= 4 is 16.7 Å². The SMILES string of the molecule is CC=[SH]C[O]. The van der Waals surface area contributed by atoms with Crippen LogP contribution in [0.15, 0.2) is 0 Å². The fourth-order valence-electron chi connectivity index (χ4n) is 0.0745. The van der Waals surface area contributed by atoms with Gasteiger partial charge in [0.2, 0.25) is 0 Å². The van der Waals surface area contributed by atoms with Crippen molar-refractivity contribution in [1.29, 1.82) is 0 Å². The van der Waals surface area contributed by atoms with Crippen LogP contribution in [0, 0.1) is 0 Å². The summed E-state index contributed by atoms with van der Waals surface area (Å²) >= 11 is 0.900. The van der Waals surface area contributed by atoms with E-state index < -0.39 is 0 Å². The third kappa shape index (κ3) is 4.18. The Morgan fingerprint density at radius 1 is 2.00 bits per heavy atom. The second-order valence-electron chi connectivity index (χ2n) is 0.570. The van der Waals surface area contributed by atoms with E-state index in [2.05, 4.69) is 0 Å². The van der Waals surface area contributed by atoms with Crippen molar-refractivity contribution in [1.82, 2.24) is 0 Å². The molecule has 0 rings (SSSR count). The average molecular weight is 91.2 g/mol. The van der Waals surface area contributed by atoms with Gasteiger partial charge in [-0.25, -0.2) is 5.11 Å². The molecule has 5 heavy (non-hydrogen) atoms. The van der Waals surface area contributed by atoms with Gasteiger partial charge in [-0.3, -0.25) is 0 Å². The molecule has 2 heteroatoms. The summed E-state index contributed by atoms with van der Waals surface area (Å²) in [6.07, 6.45) is 0. The molecular weight excluding hydrogens is 84.1 g/mol. The van der Waals surface area contributed by atoms with Gasteiger partial charge in [-0.15, -0.1) is 0 Å². The highest BCUT2D eigenvalue weighted by Crippen LogP contribution is 1.73. The molecule has 0 aromatic rings. The van der Waals surface area contributed by atoms with Crippen LogP contribution in [0.5, 0.6) is 0 Å². The molecule has 0 aliphatic rings. The highest BCUT2D eigenvalue weighted by atomic mass is 32.1. The monoisotopic (exact) mass is 91.0 g/mol. The number of thiol groups is 1. The predicted octanol–water partition coefficient (Wildman–Crippen LogP) is 0.662. The van der Waals surface area contributed by atoms with Gasteiger partial charge in [0.1, 0.15) is 5.94 Å². The standard InChI is InChI=1S/C3H7OS/c1-2-5-3-4/h2,5H,3H2,1H3. The first kappa shape index (κ1) is 5.18. The first-order chi connectivity index (χ1) is 2.41. The average Bonchev–Trinajstić information content (AvgIpc) is 1.41.